The zero-order valence-corrected chi connectivity index (χ0v) is 8.12. The van der Waals surface area contributed by atoms with Gasteiger partial charge in [-0.1, -0.05) is 0 Å². The van der Waals surface area contributed by atoms with Crippen molar-refractivity contribution in [2.45, 2.75) is 18.9 Å². The van der Waals surface area contributed by atoms with E-state index in [4.69, 9.17) is 10.5 Å². The first kappa shape index (κ1) is 9.96. The van der Waals surface area contributed by atoms with Crippen LogP contribution in [0.1, 0.15) is 12.8 Å². The average Bonchev–Trinajstić information content (AvgIpc) is 2.86. The summed E-state index contributed by atoms with van der Waals surface area (Å²) in [4.78, 5) is 2.32. The maximum atomic E-state index is 5.70. The van der Waals surface area contributed by atoms with Gasteiger partial charge in [0.1, 0.15) is 0 Å². The minimum atomic E-state index is 0.583. The Morgan fingerprint density at radius 2 is 2.25 bits per heavy atom. The van der Waals surface area contributed by atoms with Crippen molar-refractivity contribution in [1.82, 2.24) is 4.90 Å². The van der Waals surface area contributed by atoms with Crippen molar-refractivity contribution in [3.63, 3.8) is 0 Å². The Labute approximate surface area is 74.9 Å². The Kier molecular flexibility index (Phi) is 3.98. The molecule has 0 aromatic carbocycles. The smallest absolute Gasteiger partial charge is 0.0589 e. The first-order valence-electron chi connectivity index (χ1n) is 4.68. The first-order chi connectivity index (χ1) is 5.79. The van der Waals surface area contributed by atoms with Crippen LogP contribution in [0.2, 0.25) is 0 Å². The number of methoxy groups -OCH3 is 1. The van der Waals surface area contributed by atoms with Crippen LogP contribution in [0.15, 0.2) is 0 Å². The molecule has 72 valence electrons. The molecule has 1 unspecified atom stereocenters. The molecule has 3 nitrogen and oxygen atoms in total. The van der Waals surface area contributed by atoms with E-state index in [9.17, 15) is 0 Å². The molecule has 1 rings (SSSR count). The van der Waals surface area contributed by atoms with Gasteiger partial charge in [-0.15, -0.1) is 0 Å². The van der Waals surface area contributed by atoms with E-state index in [0.717, 1.165) is 25.6 Å². The van der Waals surface area contributed by atoms with Crippen molar-refractivity contribution in [3.05, 3.63) is 0 Å². The van der Waals surface area contributed by atoms with Crippen LogP contribution in [0.25, 0.3) is 0 Å². The van der Waals surface area contributed by atoms with E-state index in [0.29, 0.717) is 6.04 Å². The predicted molar refractivity (Wildman–Crippen MR) is 50.1 cm³/mol. The Morgan fingerprint density at radius 1 is 1.58 bits per heavy atom. The molecule has 0 saturated heterocycles. The molecule has 0 amide bonds. The van der Waals surface area contributed by atoms with Crippen LogP contribution in [-0.4, -0.2) is 44.8 Å². The van der Waals surface area contributed by atoms with Gasteiger partial charge in [0.25, 0.3) is 0 Å². The van der Waals surface area contributed by atoms with Crippen molar-refractivity contribution in [2.24, 2.45) is 11.7 Å². The van der Waals surface area contributed by atoms with Crippen LogP contribution in [0.3, 0.4) is 0 Å². The highest BCUT2D eigenvalue weighted by Gasteiger charge is 2.32. The Balaban J connectivity index is 2.21. The molecule has 0 bridgehead atoms. The highest BCUT2D eigenvalue weighted by atomic mass is 16.5. The van der Waals surface area contributed by atoms with Crippen molar-refractivity contribution in [3.8, 4) is 0 Å². The topological polar surface area (TPSA) is 38.5 Å². The zero-order valence-electron chi connectivity index (χ0n) is 8.12. The lowest BCUT2D eigenvalue weighted by atomic mass is 10.1. The van der Waals surface area contributed by atoms with Gasteiger partial charge in [0.15, 0.2) is 0 Å². The highest BCUT2D eigenvalue weighted by molar-refractivity contribution is 4.87. The summed E-state index contributed by atoms with van der Waals surface area (Å²) in [6, 6.07) is 0.583. The summed E-state index contributed by atoms with van der Waals surface area (Å²) in [7, 11) is 3.87. The van der Waals surface area contributed by atoms with Crippen LogP contribution in [-0.2, 0) is 4.74 Å². The van der Waals surface area contributed by atoms with Gasteiger partial charge in [-0.05, 0) is 25.8 Å². The molecule has 0 radical (unpaired) electrons. The molecule has 1 atom stereocenters. The molecule has 1 aliphatic carbocycles. The van der Waals surface area contributed by atoms with Gasteiger partial charge < -0.3 is 10.5 Å². The second kappa shape index (κ2) is 4.80. The molecule has 12 heavy (non-hydrogen) atoms. The number of nitrogens with two attached hydrogens (primary N) is 1. The lowest BCUT2D eigenvalue weighted by Gasteiger charge is -2.26. The summed E-state index contributed by atoms with van der Waals surface area (Å²) in [5.74, 6) is 0.858. The maximum Gasteiger partial charge on any atom is 0.0589 e. The van der Waals surface area contributed by atoms with E-state index in [1.165, 1.54) is 12.8 Å². The normalized spacial score (nSPS) is 20.0. The van der Waals surface area contributed by atoms with Gasteiger partial charge in [-0.3, -0.25) is 4.90 Å². The SMILES string of the molecule is COCCN(C)C(CN)C1CC1. The van der Waals surface area contributed by atoms with Crippen molar-refractivity contribution in [2.75, 3.05) is 33.9 Å². The number of hydrogen-bond donors (Lipinski definition) is 1. The summed E-state index contributed by atoms with van der Waals surface area (Å²) in [5.41, 5.74) is 5.70. The third kappa shape index (κ3) is 2.73. The largest absolute Gasteiger partial charge is 0.383 e. The molecule has 0 aromatic rings. The van der Waals surface area contributed by atoms with Gasteiger partial charge in [0, 0.05) is 26.2 Å². The second-order valence-electron chi connectivity index (χ2n) is 3.61. The van der Waals surface area contributed by atoms with Crippen LogP contribution < -0.4 is 5.73 Å². The maximum absolute atomic E-state index is 5.70. The van der Waals surface area contributed by atoms with Crippen molar-refractivity contribution in [1.29, 1.82) is 0 Å². The summed E-state index contributed by atoms with van der Waals surface area (Å²) in [5, 5.41) is 0. The van der Waals surface area contributed by atoms with E-state index >= 15 is 0 Å². The van der Waals surface area contributed by atoms with E-state index in [1.54, 1.807) is 7.11 Å². The van der Waals surface area contributed by atoms with Gasteiger partial charge in [-0.25, -0.2) is 0 Å². The molecule has 1 saturated carbocycles. The van der Waals surface area contributed by atoms with Crippen LogP contribution in [0, 0.1) is 5.92 Å². The Hall–Kier alpha value is -0.120. The zero-order chi connectivity index (χ0) is 8.97. The lowest BCUT2D eigenvalue weighted by Crippen LogP contribution is -2.41. The predicted octanol–water partition coefficient (Wildman–Crippen LogP) is 0.302. The first-order valence-corrected chi connectivity index (χ1v) is 4.68. The molecule has 0 aliphatic heterocycles. The lowest BCUT2D eigenvalue weighted by molar-refractivity contribution is 0.133. The number of ether oxygens (including phenoxy) is 1. The second-order valence-corrected chi connectivity index (χ2v) is 3.61. The van der Waals surface area contributed by atoms with Gasteiger partial charge in [0.05, 0.1) is 6.61 Å². The Morgan fingerprint density at radius 3 is 2.67 bits per heavy atom. The molecule has 0 spiro atoms. The molecular formula is C9H20N2O. The number of hydrogen-bond acceptors (Lipinski definition) is 3. The number of likely N-dealkylation sites (N-methyl/N-ethyl adjacent to an activating group) is 1. The third-order valence-electron chi connectivity index (χ3n) is 2.62. The fourth-order valence-corrected chi connectivity index (χ4v) is 1.61. The number of nitrogens with zero attached hydrogens (tertiary/aromatic N) is 1. The third-order valence-corrected chi connectivity index (χ3v) is 2.62. The minimum Gasteiger partial charge on any atom is -0.383 e. The summed E-state index contributed by atoms with van der Waals surface area (Å²) in [6.45, 7) is 2.58. The van der Waals surface area contributed by atoms with Crippen LogP contribution >= 0.6 is 0 Å². The summed E-state index contributed by atoms with van der Waals surface area (Å²) < 4.78 is 5.02. The van der Waals surface area contributed by atoms with E-state index in [1.807, 2.05) is 0 Å². The molecule has 1 aliphatic rings. The molecular weight excluding hydrogens is 152 g/mol. The van der Waals surface area contributed by atoms with Crippen LogP contribution in [0.5, 0.6) is 0 Å². The fourth-order valence-electron chi connectivity index (χ4n) is 1.61. The minimum absolute atomic E-state index is 0.583. The van der Waals surface area contributed by atoms with Gasteiger partial charge >= 0.3 is 0 Å². The monoisotopic (exact) mass is 172 g/mol. The standard InChI is InChI=1S/C9H20N2O/c1-11(5-6-12-2)9(7-10)8-3-4-8/h8-9H,3-7,10H2,1-2H3. The fraction of sp³-hybridized carbons (Fsp3) is 1.00. The summed E-state index contributed by atoms with van der Waals surface area (Å²) >= 11 is 0. The van der Waals surface area contributed by atoms with Gasteiger partial charge in [-0.2, -0.15) is 0 Å². The van der Waals surface area contributed by atoms with E-state index in [2.05, 4.69) is 11.9 Å². The molecule has 0 aromatic heterocycles. The Bertz CT molecular complexity index is 126. The summed E-state index contributed by atoms with van der Waals surface area (Å²) in [6.07, 6.45) is 2.72. The molecule has 1 fully saturated rings. The van der Waals surface area contributed by atoms with Gasteiger partial charge in [0.2, 0.25) is 0 Å². The molecule has 2 N–H and O–H groups in total. The number of rotatable bonds is 6. The highest BCUT2D eigenvalue weighted by Crippen LogP contribution is 2.34. The average molecular weight is 172 g/mol. The van der Waals surface area contributed by atoms with E-state index in [-0.39, 0.29) is 0 Å². The van der Waals surface area contributed by atoms with E-state index < -0.39 is 0 Å². The quantitative estimate of drug-likeness (QED) is 0.626. The van der Waals surface area contributed by atoms with Crippen LogP contribution in [0.4, 0.5) is 0 Å². The van der Waals surface area contributed by atoms with Crippen molar-refractivity contribution >= 4 is 0 Å². The molecule has 0 heterocycles. The molecule has 3 heteroatoms. The van der Waals surface area contributed by atoms with Crippen molar-refractivity contribution < 1.29 is 4.74 Å².